The number of carbonyl (C=O) groups is 1. The highest BCUT2D eigenvalue weighted by Crippen LogP contribution is 2.46. The van der Waals surface area contributed by atoms with Crippen molar-refractivity contribution >= 4 is 28.5 Å². The molecule has 1 aliphatic carbocycles. The highest BCUT2D eigenvalue weighted by molar-refractivity contribution is 6.30. The molecule has 196 valence electrons. The van der Waals surface area contributed by atoms with Gasteiger partial charge in [-0.05, 0) is 74.2 Å². The quantitative estimate of drug-likeness (QED) is 0.411. The van der Waals surface area contributed by atoms with Gasteiger partial charge < -0.3 is 14.6 Å². The number of fused-ring (bicyclic) bond motifs is 5. The van der Waals surface area contributed by atoms with Gasteiger partial charge in [-0.2, -0.15) is 0 Å². The Hall–Kier alpha value is -2.41. The molecule has 3 aromatic rings. The predicted octanol–water partition coefficient (Wildman–Crippen LogP) is 6.57. The molecule has 3 heterocycles. The van der Waals surface area contributed by atoms with Crippen LogP contribution in [0.4, 0.5) is 4.39 Å². The number of carboxylic acid groups (broad SMARTS) is 1. The largest absolute Gasteiger partial charge is 0.478 e. The van der Waals surface area contributed by atoms with Crippen molar-refractivity contribution in [1.29, 1.82) is 0 Å². The molecule has 1 saturated heterocycles. The van der Waals surface area contributed by atoms with E-state index in [9.17, 15) is 9.90 Å². The number of rotatable bonds is 5. The fourth-order valence-corrected chi connectivity index (χ4v) is 6.98. The number of nitrogens with zero attached hydrogens (tertiary/aromatic N) is 3. The molecule has 1 saturated carbocycles. The molecule has 37 heavy (non-hydrogen) atoms. The van der Waals surface area contributed by atoms with E-state index in [4.69, 9.17) is 11.6 Å². The molecule has 6 rings (SSSR count). The number of alkyl halides is 1. The third-order valence-corrected chi connectivity index (χ3v) is 8.93. The number of hydrogen-bond donors (Lipinski definition) is 1. The molecule has 1 N–H and O–H groups in total. The van der Waals surface area contributed by atoms with Gasteiger partial charge in [0, 0.05) is 60.1 Å². The number of hydrogen-bond acceptors (Lipinski definition) is 3. The van der Waals surface area contributed by atoms with Gasteiger partial charge in [0.1, 0.15) is 6.17 Å². The lowest BCUT2D eigenvalue weighted by Crippen LogP contribution is -2.36. The summed E-state index contributed by atoms with van der Waals surface area (Å²) in [6.07, 6.45) is 5.02. The summed E-state index contributed by atoms with van der Waals surface area (Å²) in [5.41, 5.74) is 5.51. The van der Waals surface area contributed by atoms with Crippen LogP contribution in [0.25, 0.3) is 22.2 Å². The van der Waals surface area contributed by atoms with Gasteiger partial charge in [-0.3, -0.25) is 4.90 Å². The molecule has 2 aliphatic heterocycles. The SMILES string of the molecule is O=C(O)c1ccc2c([C@H]3CCCC[C@@H]3F)c3n(c2c1)CCN(CCN1CCCC1)Cc1cc(Cl)ccc1-3. The Bertz CT molecular complexity index is 1320. The van der Waals surface area contributed by atoms with Gasteiger partial charge in [0.15, 0.2) is 0 Å². The van der Waals surface area contributed by atoms with E-state index >= 15 is 4.39 Å². The van der Waals surface area contributed by atoms with Gasteiger partial charge in [0.2, 0.25) is 0 Å². The number of benzene rings is 2. The van der Waals surface area contributed by atoms with Crippen molar-refractivity contribution in [1.82, 2.24) is 14.4 Å². The van der Waals surface area contributed by atoms with Crippen LogP contribution < -0.4 is 0 Å². The molecule has 0 amide bonds. The van der Waals surface area contributed by atoms with Crippen LogP contribution in [0.5, 0.6) is 0 Å². The maximum Gasteiger partial charge on any atom is 0.335 e. The average molecular weight is 524 g/mol. The second kappa shape index (κ2) is 10.4. The van der Waals surface area contributed by atoms with E-state index in [0.29, 0.717) is 11.4 Å². The van der Waals surface area contributed by atoms with Crippen molar-refractivity contribution in [2.24, 2.45) is 0 Å². The topological polar surface area (TPSA) is 48.7 Å². The lowest BCUT2D eigenvalue weighted by Gasteiger charge is -2.31. The average Bonchev–Trinajstić information content (AvgIpc) is 3.50. The lowest BCUT2D eigenvalue weighted by atomic mass is 9.80. The van der Waals surface area contributed by atoms with Gasteiger partial charge in [0.05, 0.1) is 11.3 Å². The summed E-state index contributed by atoms with van der Waals surface area (Å²) < 4.78 is 17.8. The first-order valence-electron chi connectivity index (χ1n) is 13.8. The molecule has 0 radical (unpaired) electrons. The zero-order valence-corrected chi connectivity index (χ0v) is 22.0. The number of halogens is 2. The van der Waals surface area contributed by atoms with Crippen LogP contribution in [0, 0.1) is 0 Å². The lowest BCUT2D eigenvalue weighted by molar-refractivity contribution is 0.0697. The number of carboxylic acids is 1. The fraction of sp³-hybridized carbons (Fsp3) is 0.500. The van der Waals surface area contributed by atoms with Crippen molar-refractivity contribution < 1.29 is 14.3 Å². The fourth-order valence-electron chi connectivity index (χ4n) is 6.78. The van der Waals surface area contributed by atoms with E-state index in [1.165, 1.54) is 25.9 Å². The maximum absolute atomic E-state index is 15.5. The molecule has 7 heteroatoms. The summed E-state index contributed by atoms with van der Waals surface area (Å²) in [5, 5.41) is 11.4. The van der Waals surface area contributed by atoms with E-state index < -0.39 is 12.1 Å². The van der Waals surface area contributed by atoms with Crippen molar-refractivity contribution in [3.63, 3.8) is 0 Å². The number of aromatic carboxylic acids is 1. The van der Waals surface area contributed by atoms with E-state index in [-0.39, 0.29) is 11.5 Å². The van der Waals surface area contributed by atoms with Crippen LogP contribution in [0.2, 0.25) is 5.02 Å². The minimum Gasteiger partial charge on any atom is -0.478 e. The van der Waals surface area contributed by atoms with E-state index in [2.05, 4.69) is 26.5 Å². The zero-order valence-electron chi connectivity index (χ0n) is 21.3. The normalized spacial score (nSPS) is 23.0. The minimum absolute atomic E-state index is 0.183. The smallest absolute Gasteiger partial charge is 0.335 e. The monoisotopic (exact) mass is 523 g/mol. The Morgan fingerprint density at radius 2 is 1.73 bits per heavy atom. The predicted molar refractivity (Wildman–Crippen MR) is 146 cm³/mol. The summed E-state index contributed by atoms with van der Waals surface area (Å²) in [6, 6.07) is 11.4. The van der Waals surface area contributed by atoms with Crippen LogP contribution in [0.3, 0.4) is 0 Å². The molecule has 2 atom stereocenters. The van der Waals surface area contributed by atoms with E-state index in [1.54, 1.807) is 12.1 Å². The molecular formula is C30H35ClFN3O2. The van der Waals surface area contributed by atoms with Crippen LogP contribution in [-0.4, -0.2) is 64.3 Å². The number of likely N-dealkylation sites (tertiary alicyclic amines) is 1. The highest BCUT2D eigenvalue weighted by atomic mass is 35.5. The van der Waals surface area contributed by atoms with Crippen molar-refractivity contribution in [3.05, 3.63) is 58.1 Å². The second-order valence-electron chi connectivity index (χ2n) is 11.0. The molecule has 0 bridgehead atoms. The first-order chi connectivity index (χ1) is 18.0. The van der Waals surface area contributed by atoms with E-state index in [1.807, 2.05) is 12.1 Å². The van der Waals surface area contributed by atoms with Gasteiger partial charge in [-0.15, -0.1) is 0 Å². The summed E-state index contributed by atoms with van der Waals surface area (Å²) in [4.78, 5) is 16.9. The Morgan fingerprint density at radius 1 is 0.946 bits per heavy atom. The Labute approximate surface area is 222 Å². The first-order valence-corrected chi connectivity index (χ1v) is 14.1. The minimum atomic E-state index is -0.940. The Balaban J connectivity index is 1.50. The highest BCUT2D eigenvalue weighted by Gasteiger charge is 2.34. The van der Waals surface area contributed by atoms with Crippen LogP contribution >= 0.6 is 11.6 Å². The van der Waals surface area contributed by atoms with Gasteiger partial charge in [-0.1, -0.05) is 36.6 Å². The zero-order chi connectivity index (χ0) is 25.5. The molecule has 2 aromatic carbocycles. The van der Waals surface area contributed by atoms with Gasteiger partial charge >= 0.3 is 5.97 Å². The first kappa shape index (κ1) is 24.9. The maximum atomic E-state index is 15.5. The molecule has 1 aromatic heterocycles. The third-order valence-electron chi connectivity index (χ3n) is 8.69. The molecular weight excluding hydrogens is 489 g/mol. The van der Waals surface area contributed by atoms with Gasteiger partial charge in [0.25, 0.3) is 0 Å². The molecule has 2 fully saturated rings. The number of aromatic nitrogens is 1. The van der Waals surface area contributed by atoms with Crippen LogP contribution in [0.1, 0.15) is 65.9 Å². The second-order valence-corrected chi connectivity index (χ2v) is 11.4. The third kappa shape index (κ3) is 4.80. The summed E-state index contributed by atoms with van der Waals surface area (Å²) in [7, 11) is 0. The van der Waals surface area contributed by atoms with Crippen molar-refractivity contribution in [3.8, 4) is 11.3 Å². The summed E-state index contributed by atoms with van der Waals surface area (Å²) in [6.45, 7) is 6.76. The standard InChI is InChI=1S/C30H35ClFN3O2/c31-22-8-10-23-21(17-22)19-34(14-13-33-11-3-4-12-33)15-16-35-27-18-20(30(36)37)7-9-25(27)28(29(23)35)24-5-1-2-6-26(24)32/h7-10,17-18,24,26H,1-6,11-16,19H2,(H,36,37)/t24-,26-/m0/s1. The molecule has 0 unspecified atom stereocenters. The van der Waals surface area contributed by atoms with Crippen LogP contribution in [-0.2, 0) is 13.1 Å². The van der Waals surface area contributed by atoms with Crippen molar-refractivity contribution in [2.45, 2.75) is 63.7 Å². The molecule has 5 nitrogen and oxygen atoms in total. The van der Waals surface area contributed by atoms with Crippen molar-refractivity contribution in [2.75, 3.05) is 32.7 Å². The molecule has 3 aliphatic rings. The molecule has 0 spiro atoms. The Morgan fingerprint density at radius 3 is 2.51 bits per heavy atom. The summed E-state index contributed by atoms with van der Waals surface area (Å²) >= 11 is 6.51. The van der Waals surface area contributed by atoms with Gasteiger partial charge in [-0.25, -0.2) is 9.18 Å². The Kier molecular flexibility index (Phi) is 6.99. The van der Waals surface area contributed by atoms with E-state index in [0.717, 1.165) is 85.3 Å². The summed E-state index contributed by atoms with van der Waals surface area (Å²) in [5.74, 6) is -1.12. The van der Waals surface area contributed by atoms with Crippen LogP contribution in [0.15, 0.2) is 36.4 Å².